The lowest BCUT2D eigenvalue weighted by Gasteiger charge is -2.21. The van der Waals surface area contributed by atoms with Gasteiger partial charge < -0.3 is 20.3 Å². The Morgan fingerprint density at radius 2 is 1.94 bits per heavy atom. The smallest absolute Gasteiger partial charge is 0.254 e. The maximum atomic E-state index is 12.7. The minimum absolute atomic E-state index is 0.0931. The molecule has 2 aromatic rings. The topological polar surface area (TPSA) is 101 Å². The van der Waals surface area contributed by atoms with Crippen LogP contribution in [0, 0.1) is 0 Å². The number of rotatable bonds is 12. The lowest BCUT2D eigenvalue weighted by molar-refractivity contribution is -0.120. The first-order valence-electron chi connectivity index (χ1n) is 9.97. The number of hydrogen-bond donors (Lipinski definition) is 2. The summed E-state index contributed by atoms with van der Waals surface area (Å²) in [5.41, 5.74) is 1.05. The molecule has 3 amide bonds. The Kier molecular flexibility index (Phi) is 10.4. The van der Waals surface area contributed by atoms with Crippen molar-refractivity contribution in [3.8, 4) is 0 Å². The third-order valence-electron chi connectivity index (χ3n) is 4.19. The standard InChI is InChI=1S/C21H27ClN4O4S/c1-3-10-26(20(29)15-5-7-16(22)8-6-15)13-19(28)25-21-24-17(14-31-21)12-18(27)23-9-4-11-30-2/h5-8,14H,3-4,9-13H2,1-2H3,(H,23,27)(H,24,25,28). The van der Waals surface area contributed by atoms with Crippen LogP contribution in [0.5, 0.6) is 0 Å². The molecule has 0 atom stereocenters. The van der Waals surface area contributed by atoms with Gasteiger partial charge in [0, 0.05) is 42.8 Å². The fourth-order valence-corrected chi connectivity index (χ4v) is 3.60. The minimum Gasteiger partial charge on any atom is -0.385 e. The molecule has 10 heteroatoms. The molecule has 0 fully saturated rings. The van der Waals surface area contributed by atoms with E-state index in [1.54, 1.807) is 36.8 Å². The zero-order valence-electron chi connectivity index (χ0n) is 17.7. The van der Waals surface area contributed by atoms with Crippen LogP contribution in [0.1, 0.15) is 35.8 Å². The molecule has 0 saturated heterocycles. The van der Waals surface area contributed by atoms with Crippen LogP contribution in [0.4, 0.5) is 5.13 Å². The highest BCUT2D eigenvalue weighted by atomic mass is 35.5. The number of carbonyl (C=O) groups is 3. The quantitative estimate of drug-likeness (QED) is 0.468. The second-order valence-electron chi connectivity index (χ2n) is 6.80. The number of hydrogen-bond acceptors (Lipinski definition) is 6. The van der Waals surface area contributed by atoms with E-state index < -0.39 is 0 Å². The highest BCUT2D eigenvalue weighted by Crippen LogP contribution is 2.16. The molecule has 1 aromatic carbocycles. The molecule has 1 heterocycles. The Hall–Kier alpha value is -2.49. The lowest BCUT2D eigenvalue weighted by Crippen LogP contribution is -2.38. The highest BCUT2D eigenvalue weighted by Gasteiger charge is 2.19. The predicted molar refractivity (Wildman–Crippen MR) is 122 cm³/mol. The van der Waals surface area contributed by atoms with Crippen LogP contribution >= 0.6 is 22.9 Å². The molecule has 0 unspecified atom stereocenters. The summed E-state index contributed by atoms with van der Waals surface area (Å²) < 4.78 is 4.94. The Bertz CT molecular complexity index is 873. The average Bonchev–Trinajstić information content (AvgIpc) is 3.17. The fraction of sp³-hybridized carbons (Fsp3) is 0.429. The molecule has 168 valence electrons. The van der Waals surface area contributed by atoms with Crippen molar-refractivity contribution in [3.63, 3.8) is 0 Å². The summed E-state index contributed by atoms with van der Waals surface area (Å²) in [6, 6.07) is 6.56. The van der Waals surface area contributed by atoms with E-state index in [-0.39, 0.29) is 30.7 Å². The van der Waals surface area contributed by atoms with Crippen molar-refractivity contribution >= 4 is 45.8 Å². The van der Waals surface area contributed by atoms with E-state index in [9.17, 15) is 14.4 Å². The van der Waals surface area contributed by atoms with Crippen LogP contribution in [0.2, 0.25) is 5.02 Å². The first-order chi connectivity index (χ1) is 14.9. The highest BCUT2D eigenvalue weighted by molar-refractivity contribution is 7.13. The van der Waals surface area contributed by atoms with E-state index in [0.29, 0.717) is 47.5 Å². The molecule has 2 N–H and O–H groups in total. The van der Waals surface area contributed by atoms with Gasteiger partial charge in [0.15, 0.2) is 5.13 Å². The molecule has 0 spiro atoms. The summed E-state index contributed by atoms with van der Waals surface area (Å²) in [7, 11) is 1.61. The van der Waals surface area contributed by atoms with E-state index in [4.69, 9.17) is 16.3 Å². The zero-order chi connectivity index (χ0) is 22.6. The monoisotopic (exact) mass is 466 g/mol. The van der Waals surface area contributed by atoms with Gasteiger partial charge in [-0.3, -0.25) is 14.4 Å². The van der Waals surface area contributed by atoms with Crippen LogP contribution in [-0.4, -0.2) is 61.0 Å². The molecule has 8 nitrogen and oxygen atoms in total. The number of amides is 3. The van der Waals surface area contributed by atoms with Gasteiger partial charge in [-0.15, -0.1) is 11.3 Å². The van der Waals surface area contributed by atoms with Gasteiger partial charge in [0.2, 0.25) is 11.8 Å². The second kappa shape index (κ2) is 13.0. The second-order valence-corrected chi connectivity index (χ2v) is 8.09. The van der Waals surface area contributed by atoms with Crippen LogP contribution in [-0.2, 0) is 20.7 Å². The van der Waals surface area contributed by atoms with E-state index >= 15 is 0 Å². The summed E-state index contributed by atoms with van der Waals surface area (Å²) in [5.74, 6) is -0.721. The Balaban J connectivity index is 1.88. The first-order valence-corrected chi connectivity index (χ1v) is 11.2. The molecule has 0 aliphatic carbocycles. The van der Waals surface area contributed by atoms with Crippen molar-refractivity contribution < 1.29 is 19.1 Å². The molecule has 2 rings (SSSR count). The number of thiazole rings is 1. The van der Waals surface area contributed by atoms with Gasteiger partial charge in [0.1, 0.15) is 6.54 Å². The van der Waals surface area contributed by atoms with Crippen LogP contribution in [0.3, 0.4) is 0 Å². The van der Waals surface area contributed by atoms with Crippen molar-refractivity contribution in [1.82, 2.24) is 15.2 Å². The molecule has 31 heavy (non-hydrogen) atoms. The van der Waals surface area contributed by atoms with Crippen molar-refractivity contribution in [3.05, 3.63) is 45.9 Å². The van der Waals surface area contributed by atoms with Gasteiger partial charge in [-0.05, 0) is 37.1 Å². The normalized spacial score (nSPS) is 10.5. The Labute approximate surface area is 190 Å². The molecule has 0 bridgehead atoms. The number of carbonyl (C=O) groups excluding carboxylic acids is 3. The van der Waals surface area contributed by atoms with E-state index in [1.807, 2.05) is 6.92 Å². The van der Waals surface area contributed by atoms with Crippen molar-refractivity contribution in [2.24, 2.45) is 0 Å². The number of aromatic nitrogens is 1. The summed E-state index contributed by atoms with van der Waals surface area (Å²) in [6.45, 7) is 3.41. The zero-order valence-corrected chi connectivity index (χ0v) is 19.2. The van der Waals surface area contributed by atoms with Gasteiger partial charge in [-0.25, -0.2) is 4.98 Å². The largest absolute Gasteiger partial charge is 0.385 e. The molecule has 0 aliphatic rings. The molecule has 0 aliphatic heterocycles. The molecular formula is C21H27ClN4O4S. The number of anilines is 1. The van der Waals surface area contributed by atoms with Gasteiger partial charge in [-0.1, -0.05) is 18.5 Å². The Morgan fingerprint density at radius 1 is 1.19 bits per heavy atom. The number of benzene rings is 1. The van der Waals surface area contributed by atoms with Gasteiger partial charge in [0.25, 0.3) is 5.91 Å². The minimum atomic E-state index is -0.347. The number of methoxy groups -OCH3 is 1. The maximum absolute atomic E-state index is 12.7. The van der Waals surface area contributed by atoms with Crippen LogP contribution in [0.25, 0.3) is 0 Å². The summed E-state index contributed by atoms with van der Waals surface area (Å²) in [4.78, 5) is 42.9. The molecule has 1 aromatic heterocycles. The molecule has 0 radical (unpaired) electrons. The van der Waals surface area contributed by atoms with Crippen molar-refractivity contribution in [1.29, 1.82) is 0 Å². The van der Waals surface area contributed by atoms with Crippen molar-refractivity contribution in [2.45, 2.75) is 26.2 Å². The van der Waals surface area contributed by atoms with E-state index in [2.05, 4.69) is 15.6 Å². The molecule has 0 saturated carbocycles. The summed E-state index contributed by atoms with van der Waals surface area (Å²) in [6.07, 6.45) is 1.59. The fourth-order valence-electron chi connectivity index (χ4n) is 2.75. The summed E-state index contributed by atoms with van der Waals surface area (Å²) >= 11 is 7.12. The Morgan fingerprint density at radius 3 is 2.61 bits per heavy atom. The number of nitrogens with one attached hydrogen (secondary N) is 2. The van der Waals surface area contributed by atoms with Gasteiger partial charge in [-0.2, -0.15) is 0 Å². The van der Waals surface area contributed by atoms with E-state index in [0.717, 1.165) is 6.42 Å². The number of halogens is 1. The maximum Gasteiger partial charge on any atom is 0.254 e. The predicted octanol–water partition coefficient (Wildman–Crippen LogP) is 2.98. The van der Waals surface area contributed by atoms with Gasteiger partial charge >= 0.3 is 0 Å². The average molecular weight is 467 g/mol. The number of nitrogens with zero attached hydrogens (tertiary/aromatic N) is 2. The third-order valence-corrected chi connectivity index (χ3v) is 5.25. The van der Waals surface area contributed by atoms with E-state index in [1.165, 1.54) is 16.2 Å². The first kappa shape index (κ1) is 24.8. The van der Waals surface area contributed by atoms with Crippen molar-refractivity contribution in [2.75, 3.05) is 38.7 Å². The lowest BCUT2D eigenvalue weighted by atomic mass is 10.2. The van der Waals surface area contributed by atoms with Crippen LogP contribution in [0.15, 0.2) is 29.6 Å². The van der Waals surface area contributed by atoms with Gasteiger partial charge in [0.05, 0.1) is 12.1 Å². The third kappa shape index (κ3) is 8.64. The molecular weight excluding hydrogens is 440 g/mol. The number of ether oxygens (including phenoxy) is 1. The van der Waals surface area contributed by atoms with Crippen LogP contribution < -0.4 is 10.6 Å². The summed E-state index contributed by atoms with van der Waals surface area (Å²) in [5, 5.41) is 8.16. The SMILES string of the molecule is CCCN(CC(=O)Nc1nc(CC(=O)NCCCOC)cs1)C(=O)c1ccc(Cl)cc1.